The first-order valence-corrected chi connectivity index (χ1v) is 5.29. The second-order valence-corrected chi connectivity index (χ2v) is 3.70. The van der Waals surface area contributed by atoms with Crippen molar-refractivity contribution in [1.82, 2.24) is 9.97 Å². The van der Waals surface area contributed by atoms with Gasteiger partial charge in [-0.15, -0.1) is 0 Å². The molecular weight excluding hydrogens is 232 g/mol. The number of nitrogens with zero attached hydrogens (tertiary/aromatic N) is 2. The molecule has 0 aliphatic carbocycles. The predicted octanol–water partition coefficient (Wildman–Crippen LogP) is 3.95. The lowest BCUT2D eigenvalue weighted by atomic mass is 10.1. The number of halogens is 1. The van der Waals surface area contributed by atoms with Crippen LogP contribution in [0.2, 0.25) is 5.28 Å². The van der Waals surface area contributed by atoms with Crippen LogP contribution < -0.4 is 0 Å². The minimum Gasteiger partial charge on any atom is -0.218 e. The summed E-state index contributed by atoms with van der Waals surface area (Å²) in [6.45, 7) is 0. The van der Waals surface area contributed by atoms with Crippen LogP contribution >= 0.6 is 11.6 Å². The number of para-hydroxylation sites is 1. The van der Waals surface area contributed by atoms with Gasteiger partial charge in [0.15, 0.2) is 0 Å². The molecule has 0 saturated heterocycles. The largest absolute Gasteiger partial charge is 0.223 e. The van der Waals surface area contributed by atoms with Gasteiger partial charge in [-0.1, -0.05) is 48.4 Å². The first kappa shape index (κ1) is 6.12. The quantitative estimate of drug-likeness (QED) is 0.607. The summed E-state index contributed by atoms with van der Waals surface area (Å²) in [6.07, 6.45) is 0. The van der Waals surface area contributed by atoms with E-state index in [1.54, 1.807) is 24.3 Å². The monoisotopic (exact) mass is 245 g/mol. The van der Waals surface area contributed by atoms with Crippen LogP contribution in [0.1, 0.15) is 6.85 Å². The molecule has 0 spiro atoms. The highest BCUT2D eigenvalue weighted by Crippen LogP contribution is 2.26. The van der Waals surface area contributed by atoms with Crippen LogP contribution in [0.25, 0.3) is 22.2 Å². The van der Waals surface area contributed by atoms with Crippen LogP contribution in [0.15, 0.2) is 54.5 Å². The topological polar surface area (TPSA) is 25.8 Å². The molecule has 3 aromatic rings. The normalized spacial score (nSPS) is 14.8. The Kier molecular flexibility index (Phi) is 1.49. The SMILES string of the molecule is [2H]c1c([2H])c([2H])c(-c2nc(Cl)nc3ccccc23)c([2H])c1[2H]. The number of benzene rings is 2. The third-order valence-electron chi connectivity index (χ3n) is 2.31. The Labute approximate surface area is 111 Å². The molecular formula is C14H9ClN2. The molecule has 82 valence electrons. The van der Waals surface area contributed by atoms with E-state index in [1.165, 1.54) is 0 Å². The molecule has 0 amide bonds. The Morgan fingerprint density at radius 3 is 2.59 bits per heavy atom. The van der Waals surface area contributed by atoms with Gasteiger partial charge < -0.3 is 0 Å². The van der Waals surface area contributed by atoms with Gasteiger partial charge in [-0.05, 0) is 17.7 Å². The van der Waals surface area contributed by atoms with Crippen LogP contribution in [0.3, 0.4) is 0 Å². The summed E-state index contributed by atoms with van der Waals surface area (Å²) in [4.78, 5) is 8.18. The molecule has 3 heteroatoms. The van der Waals surface area contributed by atoms with Crippen LogP contribution in [-0.2, 0) is 0 Å². The fourth-order valence-electron chi connectivity index (χ4n) is 1.61. The van der Waals surface area contributed by atoms with Gasteiger partial charge in [0.2, 0.25) is 5.28 Å². The number of rotatable bonds is 1. The first-order valence-electron chi connectivity index (χ1n) is 7.41. The van der Waals surface area contributed by atoms with Crippen LogP contribution in [0.4, 0.5) is 0 Å². The summed E-state index contributed by atoms with van der Waals surface area (Å²) >= 11 is 5.91. The Hall–Kier alpha value is -1.93. The van der Waals surface area contributed by atoms with Gasteiger partial charge in [0.1, 0.15) is 0 Å². The molecule has 1 aromatic heterocycles. The Balaban J connectivity index is 2.48. The molecule has 2 aromatic carbocycles. The van der Waals surface area contributed by atoms with Crippen molar-refractivity contribution in [1.29, 1.82) is 0 Å². The van der Waals surface area contributed by atoms with Crippen LogP contribution in [0, 0.1) is 0 Å². The lowest BCUT2D eigenvalue weighted by Crippen LogP contribution is -1.90. The highest BCUT2D eigenvalue weighted by molar-refractivity contribution is 6.28. The second-order valence-electron chi connectivity index (χ2n) is 3.36. The van der Waals surface area contributed by atoms with Gasteiger partial charge in [-0.3, -0.25) is 0 Å². The van der Waals surface area contributed by atoms with E-state index in [-0.39, 0.29) is 28.6 Å². The third-order valence-corrected chi connectivity index (χ3v) is 2.48. The van der Waals surface area contributed by atoms with Crippen LogP contribution in [-0.4, -0.2) is 9.97 Å². The molecule has 17 heavy (non-hydrogen) atoms. The average molecular weight is 246 g/mol. The molecule has 0 aliphatic rings. The number of hydrogen-bond donors (Lipinski definition) is 0. The molecule has 0 radical (unpaired) electrons. The first-order chi connectivity index (χ1) is 10.4. The van der Waals surface area contributed by atoms with E-state index >= 15 is 0 Å². The van der Waals surface area contributed by atoms with Crippen molar-refractivity contribution in [3.63, 3.8) is 0 Å². The van der Waals surface area contributed by atoms with E-state index in [4.69, 9.17) is 18.5 Å². The molecule has 2 nitrogen and oxygen atoms in total. The van der Waals surface area contributed by atoms with E-state index in [0.29, 0.717) is 10.9 Å². The highest BCUT2D eigenvalue weighted by Gasteiger charge is 2.07. The molecule has 1 heterocycles. The van der Waals surface area contributed by atoms with Gasteiger partial charge in [-0.2, -0.15) is 0 Å². The second kappa shape index (κ2) is 4.15. The summed E-state index contributed by atoms with van der Waals surface area (Å²) in [5.41, 5.74) is 0.795. The number of aromatic nitrogens is 2. The van der Waals surface area contributed by atoms with Crippen molar-refractivity contribution in [3.05, 3.63) is 59.8 Å². The summed E-state index contributed by atoms with van der Waals surface area (Å²) in [5.74, 6) is 0. The van der Waals surface area contributed by atoms with E-state index in [9.17, 15) is 0 Å². The van der Waals surface area contributed by atoms with Crippen LogP contribution in [0.5, 0.6) is 0 Å². The molecule has 0 saturated carbocycles. The van der Waals surface area contributed by atoms with E-state index < -0.39 is 18.1 Å². The van der Waals surface area contributed by atoms with Gasteiger partial charge in [-0.25, -0.2) is 9.97 Å². The molecule has 0 fully saturated rings. The van der Waals surface area contributed by atoms with E-state index in [2.05, 4.69) is 9.97 Å². The maximum Gasteiger partial charge on any atom is 0.223 e. The molecule has 3 rings (SSSR count). The van der Waals surface area contributed by atoms with Crippen molar-refractivity contribution < 1.29 is 6.85 Å². The average Bonchev–Trinajstić information content (AvgIpc) is 2.51. The van der Waals surface area contributed by atoms with Crippen molar-refractivity contribution >= 4 is 22.5 Å². The maximum atomic E-state index is 8.04. The predicted molar refractivity (Wildman–Crippen MR) is 70.0 cm³/mol. The number of fused-ring (bicyclic) bond motifs is 1. The lowest BCUT2D eigenvalue weighted by molar-refractivity contribution is 1.22. The van der Waals surface area contributed by atoms with Crippen molar-refractivity contribution in [2.24, 2.45) is 0 Å². The minimum atomic E-state index is -0.441. The maximum absolute atomic E-state index is 8.04. The Morgan fingerprint density at radius 1 is 1.00 bits per heavy atom. The fourth-order valence-corrected chi connectivity index (χ4v) is 1.78. The molecule has 0 bridgehead atoms. The lowest BCUT2D eigenvalue weighted by Gasteiger charge is -2.05. The van der Waals surface area contributed by atoms with E-state index in [1.807, 2.05) is 0 Å². The zero-order chi connectivity index (χ0) is 16.0. The van der Waals surface area contributed by atoms with Gasteiger partial charge in [0.05, 0.1) is 18.1 Å². The van der Waals surface area contributed by atoms with Gasteiger partial charge in [0, 0.05) is 10.9 Å². The molecule has 0 aliphatic heterocycles. The summed E-state index contributed by atoms with van der Waals surface area (Å²) < 4.78 is 39.3. The zero-order valence-corrected chi connectivity index (χ0v) is 9.34. The smallest absolute Gasteiger partial charge is 0.218 e. The van der Waals surface area contributed by atoms with E-state index in [0.717, 1.165) is 0 Å². The van der Waals surface area contributed by atoms with Crippen molar-refractivity contribution in [3.8, 4) is 11.3 Å². The van der Waals surface area contributed by atoms with Gasteiger partial charge >= 0.3 is 0 Å². The fraction of sp³-hybridized carbons (Fsp3) is 0. The summed E-state index contributed by atoms with van der Waals surface area (Å²) in [6, 6.07) is 5.10. The molecule has 0 atom stereocenters. The molecule has 0 unspecified atom stereocenters. The zero-order valence-electron chi connectivity index (χ0n) is 13.6. The summed E-state index contributed by atoms with van der Waals surface area (Å²) in [7, 11) is 0. The molecule has 0 N–H and O–H groups in total. The van der Waals surface area contributed by atoms with Crippen molar-refractivity contribution in [2.45, 2.75) is 0 Å². The number of hydrogen-bond acceptors (Lipinski definition) is 2. The standard InChI is InChI=1S/C14H9ClN2/c15-14-16-12-9-5-4-8-11(12)13(17-14)10-6-2-1-3-7-10/h1-9H/i1D,2D,3D,6D,7D. The van der Waals surface area contributed by atoms with Crippen molar-refractivity contribution in [2.75, 3.05) is 0 Å². The van der Waals surface area contributed by atoms with Gasteiger partial charge in [0.25, 0.3) is 0 Å². The summed E-state index contributed by atoms with van der Waals surface area (Å²) in [5, 5.41) is 0.533. The Morgan fingerprint density at radius 2 is 1.76 bits per heavy atom. The minimum absolute atomic E-state index is 0.0199. The third kappa shape index (κ3) is 1.87. The Bertz CT molecular complexity index is 884. The highest BCUT2D eigenvalue weighted by atomic mass is 35.5.